The maximum atomic E-state index is 12.9. The van der Waals surface area contributed by atoms with Gasteiger partial charge in [0.2, 0.25) is 0 Å². The van der Waals surface area contributed by atoms with Crippen molar-refractivity contribution in [3.63, 3.8) is 0 Å². The molecular weight excluding hydrogens is 889 g/mol. The Morgan fingerprint density at radius 1 is 0.222 bits per heavy atom. The number of esters is 3. The van der Waals surface area contributed by atoms with Crippen molar-refractivity contribution in [1.29, 1.82) is 0 Å². The summed E-state index contributed by atoms with van der Waals surface area (Å²) in [5.74, 6) is -0.830. The zero-order valence-electron chi connectivity index (χ0n) is 49.2. The van der Waals surface area contributed by atoms with Crippen molar-refractivity contribution in [1.82, 2.24) is 0 Å². The van der Waals surface area contributed by atoms with Crippen LogP contribution in [-0.4, -0.2) is 37.2 Å². The molecule has 0 spiro atoms. The number of carbonyl (C=O) groups is 3. The van der Waals surface area contributed by atoms with Gasteiger partial charge >= 0.3 is 17.9 Å². The van der Waals surface area contributed by atoms with Crippen LogP contribution in [0.1, 0.15) is 387 Å². The molecule has 0 aliphatic heterocycles. The minimum atomic E-state index is -0.761. The van der Waals surface area contributed by atoms with Crippen molar-refractivity contribution in [3.05, 3.63) is 0 Å². The minimum Gasteiger partial charge on any atom is -0.462 e. The maximum absolute atomic E-state index is 12.9. The zero-order valence-corrected chi connectivity index (χ0v) is 49.2. The van der Waals surface area contributed by atoms with E-state index in [1.165, 1.54) is 289 Å². The van der Waals surface area contributed by atoms with Crippen LogP contribution < -0.4 is 0 Å². The fourth-order valence-corrected chi connectivity index (χ4v) is 10.4. The van der Waals surface area contributed by atoms with Gasteiger partial charge in [-0.15, -0.1) is 0 Å². The summed E-state index contributed by atoms with van der Waals surface area (Å²) in [6.07, 6.45) is 71.3. The first-order valence-electron chi connectivity index (χ1n) is 33.0. The summed E-state index contributed by atoms with van der Waals surface area (Å²) in [6, 6.07) is 0. The van der Waals surface area contributed by atoms with Crippen LogP contribution in [0.4, 0.5) is 0 Å². The van der Waals surface area contributed by atoms with Crippen LogP contribution in [0.15, 0.2) is 0 Å². The summed E-state index contributed by atoms with van der Waals surface area (Å²) in [4.78, 5) is 38.2. The average molecular weight is 1020 g/mol. The van der Waals surface area contributed by atoms with Gasteiger partial charge in [-0.3, -0.25) is 14.4 Å². The molecule has 1 atom stereocenters. The second-order valence-electron chi connectivity index (χ2n) is 22.8. The number of hydrogen-bond acceptors (Lipinski definition) is 6. The van der Waals surface area contributed by atoms with Gasteiger partial charge in [-0.05, 0) is 19.3 Å². The third kappa shape index (κ3) is 59.3. The lowest BCUT2D eigenvalue weighted by atomic mass is 10.0. The quantitative estimate of drug-likeness (QED) is 0.0343. The van der Waals surface area contributed by atoms with Crippen molar-refractivity contribution < 1.29 is 28.6 Å². The molecule has 1 unspecified atom stereocenters. The molecule has 0 aliphatic rings. The number of hydrogen-bond donors (Lipinski definition) is 0. The maximum Gasteiger partial charge on any atom is 0.306 e. The van der Waals surface area contributed by atoms with Crippen LogP contribution in [0.3, 0.4) is 0 Å². The third-order valence-corrected chi connectivity index (χ3v) is 15.4. The lowest BCUT2D eigenvalue weighted by Gasteiger charge is -2.18. The molecule has 0 saturated carbocycles. The molecular formula is C66H128O6. The molecule has 428 valence electrons. The molecule has 6 nitrogen and oxygen atoms in total. The standard InChI is InChI=1S/C66H128O6/c1-4-7-10-13-16-19-21-23-25-27-29-31-33-35-36-38-40-42-44-47-50-53-56-59-65(68)71-62-63(61-70-64(67)58-55-52-49-46-18-15-12-9-6-3)72-66(69)60-57-54-51-48-45-43-41-39-37-34-32-30-28-26-24-22-20-17-14-11-8-5-2/h63H,4-62H2,1-3H3. The summed E-state index contributed by atoms with van der Waals surface area (Å²) < 4.78 is 16.9. The van der Waals surface area contributed by atoms with E-state index in [1.807, 2.05) is 0 Å². The molecule has 0 fully saturated rings. The molecule has 0 amide bonds. The van der Waals surface area contributed by atoms with Crippen LogP contribution >= 0.6 is 0 Å². The monoisotopic (exact) mass is 1020 g/mol. The molecule has 0 radical (unpaired) electrons. The van der Waals surface area contributed by atoms with Crippen LogP contribution in [0.2, 0.25) is 0 Å². The van der Waals surface area contributed by atoms with E-state index in [0.29, 0.717) is 19.3 Å². The normalized spacial score (nSPS) is 11.9. The fourth-order valence-electron chi connectivity index (χ4n) is 10.4. The Labute approximate surface area is 450 Å². The van der Waals surface area contributed by atoms with Crippen LogP contribution in [0, 0.1) is 0 Å². The zero-order chi connectivity index (χ0) is 52.2. The lowest BCUT2D eigenvalue weighted by molar-refractivity contribution is -0.167. The Balaban J connectivity index is 4.12. The topological polar surface area (TPSA) is 78.9 Å². The Morgan fingerprint density at radius 3 is 0.556 bits per heavy atom. The summed E-state index contributed by atoms with van der Waals surface area (Å²) in [7, 11) is 0. The molecule has 0 saturated heterocycles. The number of carbonyl (C=O) groups excluding carboxylic acids is 3. The Morgan fingerprint density at radius 2 is 0.375 bits per heavy atom. The van der Waals surface area contributed by atoms with Crippen molar-refractivity contribution in [3.8, 4) is 0 Å². The third-order valence-electron chi connectivity index (χ3n) is 15.4. The highest BCUT2D eigenvalue weighted by molar-refractivity contribution is 5.71. The molecule has 0 aromatic carbocycles. The summed E-state index contributed by atoms with van der Waals surface area (Å²) >= 11 is 0. The van der Waals surface area contributed by atoms with Gasteiger partial charge < -0.3 is 14.2 Å². The van der Waals surface area contributed by atoms with E-state index in [2.05, 4.69) is 20.8 Å². The predicted octanol–water partition coefficient (Wildman–Crippen LogP) is 22.3. The van der Waals surface area contributed by atoms with Crippen molar-refractivity contribution >= 4 is 17.9 Å². The fraction of sp³-hybridized carbons (Fsp3) is 0.955. The van der Waals surface area contributed by atoms with E-state index in [4.69, 9.17) is 14.2 Å². The van der Waals surface area contributed by atoms with Gasteiger partial charge in [0.25, 0.3) is 0 Å². The Bertz CT molecular complexity index is 1080. The van der Waals surface area contributed by atoms with E-state index >= 15 is 0 Å². The highest BCUT2D eigenvalue weighted by Crippen LogP contribution is 2.19. The van der Waals surface area contributed by atoms with Crippen molar-refractivity contribution in [2.24, 2.45) is 0 Å². The van der Waals surface area contributed by atoms with E-state index in [1.54, 1.807) is 0 Å². The molecule has 0 N–H and O–H groups in total. The Kier molecular flexibility index (Phi) is 60.6. The van der Waals surface area contributed by atoms with E-state index in [0.717, 1.165) is 57.8 Å². The van der Waals surface area contributed by atoms with Gasteiger partial charge in [-0.25, -0.2) is 0 Å². The molecule has 6 heteroatoms. The average Bonchev–Trinajstić information content (AvgIpc) is 3.38. The van der Waals surface area contributed by atoms with Crippen LogP contribution in [0.25, 0.3) is 0 Å². The highest BCUT2D eigenvalue weighted by Gasteiger charge is 2.19. The lowest BCUT2D eigenvalue weighted by Crippen LogP contribution is -2.30. The van der Waals surface area contributed by atoms with Gasteiger partial charge in [-0.2, -0.15) is 0 Å². The smallest absolute Gasteiger partial charge is 0.306 e. The van der Waals surface area contributed by atoms with Crippen LogP contribution in [-0.2, 0) is 28.6 Å². The second-order valence-corrected chi connectivity index (χ2v) is 22.8. The van der Waals surface area contributed by atoms with Crippen molar-refractivity contribution in [2.45, 2.75) is 393 Å². The summed E-state index contributed by atoms with van der Waals surface area (Å²) in [5, 5.41) is 0. The van der Waals surface area contributed by atoms with Gasteiger partial charge in [0, 0.05) is 19.3 Å². The summed E-state index contributed by atoms with van der Waals surface area (Å²) in [5.41, 5.74) is 0. The molecule has 72 heavy (non-hydrogen) atoms. The molecule has 0 bridgehead atoms. The van der Waals surface area contributed by atoms with E-state index in [9.17, 15) is 14.4 Å². The first-order chi connectivity index (χ1) is 35.5. The number of ether oxygens (including phenoxy) is 3. The molecule has 0 aromatic rings. The number of unbranched alkanes of at least 4 members (excludes halogenated alkanes) is 51. The predicted molar refractivity (Wildman–Crippen MR) is 312 cm³/mol. The van der Waals surface area contributed by atoms with Gasteiger partial charge in [-0.1, -0.05) is 348 Å². The Hall–Kier alpha value is -1.59. The molecule has 0 aromatic heterocycles. The van der Waals surface area contributed by atoms with Gasteiger partial charge in [0.1, 0.15) is 13.2 Å². The molecule has 0 rings (SSSR count). The van der Waals surface area contributed by atoms with E-state index in [-0.39, 0.29) is 31.1 Å². The molecule has 0 heterocycles. The van der Waals surface area contributed by atoms with Crippen molar-refractivity contribution in [2.75, 3.05) is 13.2 Å². The number of rotatable bonds is 62. The first-order valence-corrected chi connectivity index (χ1v) is 33.0. The van der Waals surface area contributed by atoms with E-state index < -0.39 is 6.10 Å². The summed E-state index contributed by atoms with van der Waals surface area (Å²) in [6.45, 7) is 6.71. The largest absolute Gasteiger partial charge is 0.462 e. The first kappa shape index (κ1) is 70.4. The molecule has 0 aliphatic carbocycles. The second kappa shape index (κ2) is 62.0. The van der Waals surface area contributed by atoms with Gasteiger partial charge in [0.05, 0.1) is 0 Å². The van der Waals surface area contributed by atoms with Crippen LogP contribution in [0.5, 0.6) is 0 Å². The SMILES string of the molecule is CCCCCCCCCCCCCCCCCCCCCCCCCC(=O)OCC(COC(=O)CCCCCCCCCCC)OC(=O)CCCCCCCCCCCCCCCCCCCCCCCC. The minimum absolute atomic E-state index is 0.0609. The van der Waals surface area contributed by atoms with Gasteiger partial charge in [0.15, 0.2) is 6.10 Å². The highest BCUT2D eigenvalue weighted by atomic mass is 16.6.